The first-order valence-corrected chi connectivity index (χ1v) is 8.07. The summed E-state index contributed by atoms with van der Waals surface area (Å²) in [5, 5.41) is 0. The third kappa shape index (κ3) is 3.61. The topological polar surface area (TPSA) is 107 Å². The second-order valence-corrected chi connectivity index (χ2v) is 6.68. The van der Waals surface area contributed by atoms with Gasteiger partial charge in [0.25, 0.3) is 10.0 Å². The molecule has 0 amide bonds. The van der Waals surface area contributed by atoms with E-state index in [9.17, 15) is 8.42 Å². The van der Waals surface area contributed by atoms with E-state index in [1.807, 2.05) is 0 Å². The van der Waals surface area contributed by atoms with E-state index in [0.717, 1.165) is 0 Å². The lowest BCUT2D eigenvalue weighted by atomic mass is 10.3. The van der Waals surface area contributed by atoms with Crippen LogP contribution in [0, 0.1) is 6.92 Å². The van der Waals surface area contributed by atoms with Gasteiger partial charge in [0.05, 0.1) is 7.11 Å². The van der Waals surface area contributed by atoms with Gasteiger partial charge in [-0.05, 0) is 41.1 Å². The van der Waals surface area contributed by atoms with E-state index in [-0.39, 0.29) is 16.7 Å². The number of rotatable bonds is 4. The Morgan fingerprint density at radius 1 is 1.29 bits per heavy atom. The number of hydrogen-bond acceptors (Lipinski definition) is 6. The van der Waals surface area contributed by atoms with E-state index in [4.69, 9.17) is 10.5 Å². The number of nitrogens with two attached hydrogens (primary N) is 1. The summed E-state index contributed by atoms with van der Waals surface area (Å²) in [6.07, 6.45) is 0. The second kappa shape index (κ2) is 5.86. The molecule has 1 heterocycles. The van der Waals surface area contributed by atoms with Gasteiger partial charge in [-0.1, -0.05) is 0 Å². The third-order valence-corrected chi connectivity index (χ3v) is 4.82. The average molecular weight is 373 g/mol. The van der Waals surface area contributed by atoms with Gasteiger partial charge in [0.15, 0.2) is 0 Å². The first-order chi connectivity index (χ1) is 9.81. The van der Waals surface area contributed by atoms with Gasteiger partial charge >= 0.3 is 0 Å². The van der Waals surface area contributed by atoms with Crippen LogP contribution < -0.4 is 15.2 Å². The van der Waals surface area contributed by atoms with Gasteiger partial charge in [-0.25, -0.2) is 18.1 Å². The third-order valence-electron chi connectivity index (χ3n) is 2.51. The fourth-order valence-electron chi connectivity index (χ4n) is 1.60. The number of nitrogen functional groups attached to an aromatic ring is 1. The summed E-state index contributed by atoms with van der Waals surface area (Å²) < 4.78 is 32.3. The molecule has 0 bridgehead atoms. The van der Waals surface area contributed by atoms with Crippen molar-refractivity contribution in [2.75, 3.05) is 17.6 Å². The van der Waals surface area contributed by atoms with Crippen LogP contribution in [0.1, 0.15) is 5.69 Å². The molecule has 2 aromatic rings. The van der Waals surface area contributed by atoms with Crippen molar-refractivity contribution in [3.8, 4) is 5.88 Å². The van der Waals surface area contributed by atoms with Crippen molar-refractivity contribution in [1.29, 1.82) is 0 Å². The van der Waals surface area contributed by atoms with Crippen LogP contribution in [0.3, 0.4) is 0 Å². The number of nitrogens with one attached hydrogen (secondary N) is 1. The van der Waals surface area contributed by atoms with Crippen molar-refractivity contribution < 1.29 is 13.2 Å². The molecule has 9 heteroatoms. The minimum absolute atomic E-state index is 0.0424. The van der Waals surface area contributed by atoms with Gasteiger partial charge in [-0.15, -0.1) is 0 Å². The Kier molecular flexibility index (Phi) is 4.33. The predicted octanol–water partition coefficient (Wildman–Crippen LogP) is 1.94. The lowest BCUT2D eigenvalue weighted by molar-refractivity contribution is 0.397. The summed E-state index contributed by atoms with van der Waals surface area (Å²) >= 11 is 3.17. The second-order valence-electron chi connectivity index (χ2n) is 4.17. The molecule has 1 aromatic heterocycles. The van der Waals surface area contributed by atoms with E-state index in [1.165, 1.54) is 25.3 Å². The van der Waals surface area contributed by atoms with Crippen molar-refractivity contribution in [2.24, 2.45) is 0 Å². The number of nitrogens with zero attached hydrogens (tertiary/aromatic N) is 2. The van der Waals surface area contributed by atoms with Gasteiger partial charge in [0.2, 0.25) is 11.8 Å². The van der Waals surface area contributed by atoms with Crippen LogP contribution in [0.25, 0.3) is 0 Å². The van der Waals surface area contributed by atoms with E-state index in [2.05, 4.69) is 30.6 Å². The standard InChI is InChI=1S/C12H13BrN4O3S/c1-7-5-11(20-2)16-12(15-7)17-21(18,19)10-4-3-8(14)6-9(10)13/h3-6H,14H2,1-2H3,(H,15,16,17). The maximum absolute atomic E-state index is 12.3. The van der Waals surface area contributed by atoms with E-state index < -0.39 is 10.0 Å². The zero-order valence-corrected chi connectivity index (χ0v) is 13.7. The summed E-state index contributed by atoms with van der Waals surface area (Å²) in [5.41, 5.74) is 6.63. The lowest BCUT2D eigenvalue weighted by Crippen LogP contribution is -2.16. The summed E-state index contributed by atoms with van der Waals surface area (Å²) in [6, 6.07) is 6.00. The van der Waals surface area contributed by atoms with E-state index in [0.29, 0.717) is 15.9 Å². The molecule has 21 heavy (non-hydrogen) atoms. The molecular weight excluding hydrogens is 360 g/mol. The van der Waals surface area contributed by atoms with Crippen molar-refractivity contribution >= 4 is 37.6 Å². The Morgan fingerprint density at radius 3 is 2.62 bits per heavy atom. The Bertz CT molecular complexity index is 780. The van der Waals surface area contributed by atoms with Gasteiger partial charge in [-0.3, -0.25) is 0 Å². The van der Waals surface area contributed by atoms with Crippen LogP contribution in [0.15, 0.2) is 33.6 Å². The number of benzene rings is 1. The van der Waals surface area contributed by atoms with Gasteiger partial charge in [0.1, 0.15) is 4.90 Å². The van der Waals surface area contributed by atoms with Crippen molar-refractivity contribution in [3.05, 3.63) is 34.4 Å². The molecule has 0 fully saturated rings. The number of halogens is 1. The first kappa shape index (κ1) is 15.5. The minimum atomic E-state index is -3.84. The normalized spacial score (nSPS) is 11.2. The minimum Gasteiger partial charge on any atom is -0.481 e. The molecule has 0 aliphatic heterocycles. The highest BCUT2D eigenvalue weighted by molar-refractivity contribution is 9.10. The van der Waals surface area contributed by atoms with Crippen molar-refractivity contribution in [1.82, 2.24) is 9.97 Å². The molecule has 2 rings (SSSR count). The molecule has 0 radical (unpaired) electrons. The number of hydrogen-bond donors (Lipinski definition) is 2. The Balaban J connectivity index is 2.39. The molecule has 0 unspecified atom stereocenters. The molecule has 1 aromatic carbocycles. The van der Waals surface area contributed by atoms with Crippen molar-refractivity contribution in [3.63, 3.8) is 0 Å². The zero-order chi connectivity index (χ0) is 15.6. The maximum atomic E-state index is 12.3. The summed E-state index contributed by atoms with van der Waals surface area (Å²) in [7, 11) is -2.39. The molecule has 0 aliphatic rings. The molecule has 0 aliphatic carbocycles. The fraction of sp³-hybridized carbons (Fsp3) is 0.167. The highest BCUT2D eigenvalue weighted by Crippen LogP contribution is 2.25. The number of aryl methyl sites for hydroxylation is 1. The summed E-state index contributed by atoms with van der Waals surface area (Å²) in [4.78, 5) is 8.01. The van der Waals surface area contributed by atoms with Crippen LogP contribution in [0.5, 0.6) is 5.88 Å². The van der Waals surface area contributed by atoms with Crippen LogP contribution in [0.2, 0.25) is 0 Å². The number of aromatic nitrogens is 2. The smallest absolute Gasteiger partial charge is 0.265 e. The molecule has 7 nitrogen and oxygen atoms in total. The molecule has 0 saturated heterocycles. The summed E-state index contributed by atoms with van der Waals surface area (Å²) in [6.45, 7) is 1.71. The lowest BCUT2D eigenvalue weighted by Gasteiger charge is -2.10. The van der Waals surface area contributed by atoms with Gasteiger partial charge < -0.3 is 10.5 Å². The number of ether oxygens (including phenoxy) is 1. The molecular formula is C12H13BrN4O3S. The Morgan fingerprint density at radius 2 is 2.00 bits per heavy atom. The number of anilines is 2. The monoisotopic (exact) mass is 372 g/mol. The average Bonchev–Trinajstić information content (AvgIpc) is 2.36. The summed E-state index contributed by atoms with van der Waals surface area (Å²) in [5.74, 6) is 0.215. The van der Waals surface area contributed by atoms with Gasteiger partial charge in [0, 0.05) is 21.9 Å². The molecule has 0 saturated carbocycles. The molecule has 0 spiro atoms. The van der Waals surface area contributed by atoms with Gasteiger partial charge in [-0.2, -0.15) is 4.98 Å². The molecule has 112 valence electrons. The SMILES string of the molecule is COc1cc(C)nc(NS(=O)(=O)c2ccc(N)cc2Br)n1. The Hall–Kier alpha value is -1.87. The quantitative estimate of drug-likeness (QED) is 0.794. The largest absolute Gasteiger partial charge is 0.481 e. The number of sulfonamides is 1. The fourth-order valence-corrected chi connectivity index (χ4v) is 3.64. The number of methoxy groups -OCH3 is 1. The van der Waals surface area contributed by atoms with E-state index >= 15 is 0 Å². The highest BCUT2D eigenvalue weighted by Gasteiger charge is 2.19. The van der Waals surface area contributed by atoms with Crippen LogP contribution >= 0.6 is 15.9 Å². The maximum Gasteiger partial charge on any atom is 0.265 e. The van der Waals surface area contributed by atoms with Crippen LogP contribution in [-0.2, 0) is 10.0 Å². The van der Waals surface area contributed by atoms with E-state index in [1.54, 1.807) is 13.0 Å². The van der Waals surface area contributed by atoms with Crippen LogP contribution in [-0.4, -0.2) is 25.5 Å². The Labute approximate surface area is 130 Å². The van der Waals surface area contributed by atoms with Crippen molar-refractivity contribution in [2.45, 2.75) is 11.8 Å². The van der Waals surface area contributed by atoms with Crippen LogP contribution in [0.4, 0.5) is 11.6 Å². The highest BCUT2D eigenvalue weighted by atomic mass is 79.9. The zero-order valence-electron chi connectivity index (χ0n) is 11.3. The molecule has 0 atom stereocenters. The first-order valence-electron chi connectivity index (χ1n) is 5.79. The molecule has 3 N–H and O–H groups in total. The predicted molar refractivity (Wildman–Crippen MR) is 82.7 cm³/mol.